The number of carbonyl (C=O) groups excluding carboxylic acids is 1. The first-order valence-corrected chi connectivity index (χ1v) is 11.6. The normalized spacial score (nSPS) is 14.8. The summed E-state index contributed by atoms with van der Waals surface area (Å²) in [4.78, 5) is 14.9. The monoisotopic (exact) mass is 475 g/mol. The number of amides is 1. The number of hydrogen-bond donors (Lipinski definition) is 2. The third-order valence-electron chi connectivity index (χ3n) is 5.08. The summed E-state index contributed by atoms with van der Waals surface area (Å²) in [6.45, 7) is 1.72. The first-order valence-electron chi connectivity index (χ1n) is 9.78. The molecule has 0 bridgehead atoms. The summed E-state index contributed by atoms with van der Waals surface area (Å²) in [6.07, 6.45) is 1.78. The number of halogens is 2. The molecular formula is C22H19ClFN3O4S. The van der Waals surface area contributed by atoms with Crippen molar-refractivity contribution in [2.24, 2.45) is 5.10 Å². The number of rotatable bonds is 5. The molecule has 0 saturated carbocycles. The minimum Gasteiger partial charge on any atom is -0.455 e. The Hall–Kier alpha value is -3.17. The summed E-state index contributed by atoms with van der Waals surface area (Å²) in [5.41, 5.74) is 2.09. The maximum Gasteiger partial charge on any atom is 0.291 e. The number of furan rings is 1. The zero-order chi connectivity index (χ0) is 22.9. The number of carbonyl (C=O) groups is 1. The molecular weight excluding hydrogens is 457 g/mol. The van der Waals surface area contributed by atoms with Gasteiger partial charge in [-0.15, -0.1) is 0 Å². The highest BCUT2D eigenvalue weighted by Crippen LogP contribution is 2.31. The molecule has 0 saturated heterocycles. The number of benzene rings is 2. The van der Waals surface area contributed by atoms with Gasteiger partial charge in [0, 0.05) is 17.5 Å². The average molecular weight is 476 g/mol. The fraction of sp³-hybridized carbons (Fsp3) is 0.182. The molecule has 2 aromatic carbocycles. The van der Waals surface area contributed by atoms with E-state index in [1.807, 2.05) is 0 Å². The van der Waals surface area contributed by atoms with Gasteiger partial charge in [-0.1, -0.05) is 23.7 Å². The van der Waals surface area contributed by atoms with Gasteiger partial charge in [-0.3, -0.25) is 4.79 Å². The van der Waals surface area contributed by atoms with E-state index in [1.54, 1.807) is 31.2 Å². The maximum atomic E-state index is 13.1. The van der Waals surface area contributed by atoms with Crippen molar-refractivity contribution in [2.45, 2.75) is 31.1 Å². The number of fused-ring (bicyclic) bond motifs is 1. The molecule has 1 amide bonds. The Bertz CT molecular complexity index is 1320. The van der Waals surface area contributed by atoms with Gasteiger partial charge < -0.3 is 9.73 Å². The van der Waals surface area contributed by atoms with Crippen LogP contribution >= 0.6 is 11.6 Å². The number of nitrogens with one attached hydrogen (secondary N) is 2. The SMILES string of the molecule is Cc1c(C(=O)Nc2ccccc2Cl)oc2c1/C(=N/NS(=O)(=O)c1ccc(F)cc1)CCC2. The van der Waals surface area contributed by atoms with E-state index >= 15 is 0 Å². The molecule has 1 heterocycles. The summed E-state index contributed by atoms with van der Waals surface area (Å²) in [6, 6.07) is 11.3. The predicted molar refractivity (Wildman–Crippen MR) is 119 cm³/mol. The van der Waals surface area contributed by atoms with Crippen LogP contribution in [-0.2, 0) is 16.4 Å². The fourth-order valence-corrected chi connectivity index (χ4v) is 4.53. The zero-order valence-corrected chi connectivity index (χ0v) is 18.6. The molecule has 4 rings (SSSR count). The van der Waals surface area contributed by atoms with Crippen molar-refractivity contribution in [1.29, 1.82) is 0 Å². The second-order valence-corrected chi connectivity index (χ2v) is 9.32. The van der Waals surface area contributed by atoms with Gasteiger partial charge in [0.25, 0.3) is 15.9 Å². The van der Waals surface area contributed by atoms with Crippen molar-refractivity contribution in [1.82, 2.24) is 4.83 Å². The van der Waals surface area contributed by atoms with Crippen LogP contribution < -0.4 is 10.1 Å². The topological polar surface area (TPSA) is 101 Å². The number of nitrogens with zero attached hydrogens (tertiary/aromatic N) is 1. The smallest absolute Gasteiger partial charge is 0.291 e. The van der Waals surface area contributed by atoms with E-state index in [1.165, 1.54) is 0 Å². The highest BCUT2D eigenvalue weighted by atomic mass is 35.5. The standard InChI is InChI=1S/C22H19ClFN3O4S/c1-13-20-18(26-27-32(29,30)15-11-9-14(24)10-12-15)7-4-8-19(20)31-21(13)22(28)25-17-6-3-2-5-16(17)23/h2-3,5-6,9-12,27H,4,7-8H2,1H3,(H,25,28)/b26-18+. The lowest BCUT2D eigenvalue weighted by atomic mass is 9.93. The van der Waals surface area contributed by atoms with E-state index in [0.717, 1.165) is 24.3 Å². The van der Waals surface area contributed by atoms with Crippen molar-refractivity contribution < 1.29 is 22.0 Å². The largest absolute Gasteiger partial charge is 0.455 e. The summed E-state index contributed by atoms with van der Waals surface area (Å²) < 4.78 is 43.9. The van der Waals surface area contributed by atoms with Gasteiger partial charge >= 0.3 is 0 Å². The first-order chi connectivity index (χ1) is 15.3. The second-order valence-electron chi connectivity index (χ2n) is 7.25. The lowest BCUT2D eigenvalue weighted by molar-refractivity contribution is 0.0994. The molecule has 0 aliphatic heterocycles. The molecule has 7 nitrogen and oxygen atoms in total. The van der Waals surface area contributed by atoms with Crippen LogP contribution in [0, 0.1) is 12.7 Å². The molecule has 3 aromatic rings. The van der Waals surface area contributed by atoms with Crippen molar-refractivity contribution in [2.75, 3.05) is 5.32 Å². The molecule has 0 atom stereocenters. The quantitative estimate of drug-likeness (QED) is 0.524. The Kier molecular flexibility index (Phi) is 6.03. The fourth-order valence-electron chi connectivity index (χ4n) is 3.52. The number of hydrogen-bond acceptors (Lipinski definition) is 5. The molecule has 0 unspecified atom stereocenters. The van der Waals surface area contributed by atoms with Crippen molar-refractivity contribution >= 4 is 38.9 Å². The van der Waals surface area contributed by atoms with Crippen LogP contribution in [0.5, 0.6) is 0 Å². The number of para-hydroxylation sites is 1. The summed E-state index contributed by atoms with van der Waals surface area (Å²) >= 11 is 6.11. The van der Waals surface area contributed by atoms with Crippen LogP contribution in [0.2, 0.25) is 5.02 Å². The molecule has 0 spiro atoms. The summed E-state index contributed by atoms with van der Waals surface area (Å²) in [5.74, 6) is -0.316. The van der Waals surface area contributed by atoms with Crippen molar-refractivity contribution in [3.05, 3.63) is 82.0 Å². The summed E-state index contributed by atoms with van der Waals surface area (Å²) in [7, 11) is -3.98. The van der Waals surface area contributed by atoms with Crippen LogP contribution in [0.3, 0.4) is 0 Å². The lowest BCUT2D eigenvalue weighted by Gasteiger charge is -2.14. The van der Waals surface area contributed by atoms with Gasteiger partial charge in [0.1, 0.15) is 11.6 Å². The maximum absolute atomic E-state index is 13.1. The Morgan fingerprint density at radius 2 is 1.84 bits per heavy atom. The molecule has 1 aliphatic carbocycles. The molecule has 32 heavy (non-hydrogen) atoms. The van der Waals surface area contributed by atoms with Gasteiger partial charge in [-0.2, -0.15) is 18.4 Å². The van der Waals surface area contributed by atoms with Crippen LogP contribution in [-0.4, -0.2) is 20.0 Å². The highest BCUT2D eigenvalue weighted by molar-refractivity contribution is 7.89. The van der Waals surface area contributed by atoms with Crippen LogP contribution in [0.15, 0.2) is 62.9 Å². The van der Waals surface area contributed by atoms with Crippen molar-refractivity contribution in [3.63, 3.8) is 0 Å². The van der Waals surface area contributed by atoms with Crippen LogP contribution in [0.25, 0.3) is 0 Å². The number of anilines is 1. The predicted octanol–water partition coefficient (Wildman–Crippen LogP) is 4.65. The van der Waals surface area contributed by atoms with Crippen LogP contribution in [0.1, 0.15) is 40.3 Å². The summed E-state index contributed by atoms with van der Waals surface area (Å²) in [5, 5.41) is 7.22. The molecule has 1 aliphatic rings. The average Bonchev–Trinajstić information content (AvgIpc) is 3.11. The highest BCUT2D eigenvalue weighted by Gasteiger charge is 2.28. The molecule has 10 heteroatoms. The third kappa shape index (κ3) is 4.39. The second kappa shape index (κ2) is 8.76. The Morgan fingerprint density at radius 1 is 1.12 bits per heavy atom. The van der Waals surface area contributed by atoms with E-state index in [0.29, 0.717) is 52.6 Å². The van der Waals surface area contributed by atoms with E-state index in [4.69, 9.17) is 16.0 Å². The van der Waals surface area contributed by atoms with E-state index in [-0.39, 0.29) is 10.7 Å². The van der Waals surface area contributed by atoms with Gasteiger partial charge in [-0.25, -0.2) is 4.39 Å². The number of sulfonamides is 1. The molecule has 0 fully saturated rings. The minimum absolute atomic E-state index is 0.108. The van der Waals surface area contributed by atoms with E-state index in [2.05, 4.69) is 15.2 Å². The first kappa shape index (κ1) is 22.0. The Labute approximate surface area is 189 Å². The van der Waals surface area contributed by atoms with Crippen molar-refractivity contribution in [3.8, 4) is 0 Å². The minimum atomic E-state index is -3.98. The molecule has 2 N–H and O–H groups in total. The third-order valence-corrected chi connectivity index (χ3v) is 6.63. The van der Waals surface area contributed by atoms with Gasteiger partial charge in [0.05, 0.1) is 21.3 Å². The van der Waals surface area contributed by atoms with E-state index in [9.17, 15) is 17.6 Å². The van der Waals surface area contributed by atoms with Gasteiger partial charge in [0.15, 0.2) is 5.76 Å². The Balaban J connectivity index is 1.61. The number of aryl methyl sites for hydroxylation is 1. The lowest BCUT2D eigenvalue weighted by Crippen LogP contribution is -2.22. The zero-order valence-electron chi connectivity index (χ0n) is 17.0. The van der Waals surface area contributed by atoms with Crippen LogP contribution in [0.4, 0.5) is 10.1 Å². The molecule has 1 aromatic heterocycles. The number of hydrazone groups is 1. The van der Waals surface area contributed by atoms with Gasteiger partial charge in [0.2, 0.25) is 0 Å². The van der Waals surface area contributed by atoms with E-state index < -0.39 is 21.7 Å². The van der Waals surface area contributed by atoms with Gasteiger partial charge in [-0.05, 0) is 56.2 Å². The molecule has 0 radical (unpaired) electrons. The molecule has 166 valence electrons. The Morgan fingerprint density at radius 3 is 2.56 bits per heavy atom.